The van der Waals surface area contributed by atoms with Crippen LogP contribution in [0.1, 0.15) is 89.5 Å². The zero-order chi connectivity index (χ0) is 23.3. The minimum atomic E-state index is -0.746. The van der Waals surface area contributed by atoms with E-state index in [9.17, 15) is 19.2 Å². The Bertz CT molecular complexity index is 626. The van der Waals surface area contributed by atoms with E-state index < -0.39 is 45.3 Å². The van der Waals surface area contributed by atoms with Gasteiger partial charge in [-0.3, -0.25) is 19.2 Å². The smallest absolute Gasteiger partial charge is 0.142 e. The number of hydrogen-bond acceptors (Lipinski definition) is 4. The standard InChI is InChI=1S/C25H42O4/c1-22(2,3)18(26)14-13-15(19(27)23(4,5)6)17(21(29)25(10,11)12)16(14)20(28)24(7,8)9/h14-17H,13H2,1-12H3. The molecule has 166 valence electrons. The SMILES string of the molecule is CC(C)(C)C(=O)C1CC(C(=O)C(C)(C)C)C(C(=O)C(C)(C)C)C1C(=O)C(C)(C)C. The van der Waals surface area contributed by atoms with E-state index in [0.717, 1.165) is 0 Å². The van der Waals surface area contributed by atoms with Gasteiger partial charge in [-0.25, -0.2) is 0 Å². The summed E-state index contributed by atoms with van der Waals surface area (Å²) in [5, 5.41) is 0. The Balaban J connectivity index is 3.73. The lowest BCUT2D eigenvalue weighted by molar-refractivity contribution is -0.147. The van der Waals surface area contributed by atoms with Crippen molar-refractivity contribution in [3.05, 3.63) is 0 Å². The Morgan fingerprint density at radius 1 is 0.448 bits per heavy atom. The second-order valence-corrected chi connectivity index (χ2v) is 13.0. The fourth-order valence-corrected chi connectivity index (χ4v) is 4.41. The first kappa shape index (κ1) is 25.7. The summed E-state index contributed by atoms with van der Waals surface area (Å²) < 4.78 is 0. The van der Waals surface area contributed by atoms with Crippen LogP contribution in [-0.4, -0.2) is 23.1 Å². The van der Waals surface area contributed by atoms with Crippen LogP contribution in [0.15, 0.2) is 0 Å². The Morgan fingerprint density at radius 2 is 0.655 bits per heavy atom. The van der Waals surface area contributed by atoms with Gasteiger partial charge in [0.1, 0.15) is 23.1 Å². The van der Waals surface area contributed by atoms with Crippen LogP contribution < -0.4 is 0 Å². The normalized spacial score (nSPS) is 26.3. The lowest BCUT2D eigenvalue weighted by atomic mass is 9.66. The molecule has 0 saturated heterocycles. The summed E-state index contributed by atoms with van der Waals surface area (Å²) in [5.41, 5.74) is -2.68. The summed E-state index contributed by atoms with van der Waals surface area (Å²) in [6, 6.07) is 0. The highest BCUT2D eigenvalue weighted by Crippen LogP contribution is 2.51. The highest BCUT2D eigenvalue weighted by atomic mass is 16.2. The molecule has 0 aromatic heterocycles. The molecule has 1 aliphatic carbocycles. The van der Waals surface area contributed by atoms with Crippen LogP contribution in [0.2, 0.25) is 0 Å². The average Bonchev–Trinajstić information content (AvgIpc) is 2.87. The summed E-state index contributed by atoms with van der Waals surface area (Å²) in [4.78, 5) is 53.8. The third-order valence-electron chi connectivity index (χ3n) is 6.00. The molecule has 0 bridgehead atoms. The Hall–Kier alpha value is -1.32. The van der Waals surface area contributed by atoms with Crippen LogP contribution in [0.5, 0.6) is 0 Å². The molecule has 1 fully saturated rings. The first-order chi connectivity index (χ1) is 12.6. The monoisotopic (exact) mass is 406 g/mol. The molecule has 0 aliphatic heterocycles. The highest BCUT2D eigenvalue weighted by Gasteiger charge is 2.59. The maximum Gasteiger partial charge on any atom is 0.142 e. The van der Waals surface area contributed by atoms with E-state index in [1.807, 2.05) is 83.1 Å². The van der Waals surface area contributed by atoms with Gasteiger partial charge >= 0.3 is 0 Å². The maximum atomic E-state index is 13.6. The van der Waals surface area contributed by atoms with Crippen LogP contribution in [-0.2, 0) is 19.2 Å². The molecule has 0 heterocycles. The molecule has 4 unspecified atom stereocenters. The van der Waals surface area contributed by atoms with E-state index in [1.54, 1.807) is 0 Å². The molecule has 0 radical (unpaired) electrons. The summed E-state index contributed by atoms with van der Waals surface area (Å²) >= 11 is 0. The van der Waals surface area contributed by atoms with Crippen molar-refractivity contribution in [2.45, 2.75) is 89.5 Å². The topological polar surface area (TPSA) is 68.3 Å². The molecule has 1 saturated carbocycles. The minimum Gasteiger partial charge on any atom is -0.299 e. The van der Waals surface area contributed by atoms with Gasteiger partial charge in [-0.05, 0) is 6.42 Å². The van der Waals surface area contributed by atoms with Crippen LogP contribution in [0, 0.1) is 45.3 Å². The number of ketones is 4. The summed E-state index contributed by atoms with van der Waals surface area (Å²) in [7, 11) is 0. The number of carbonyl (C=O) groups is 4. The van der Waals surface area contributed by atoms with E-state index in [-0.39, 0.29) is 29.6 Å². The minimum absolute atomic E-state index is 0.0315. The van der Waals surface area contributed by atoms with Crippen molar-refractivity contribution in [3.63, 3.8) is 0 Å². The molecule has 0 spiro atoms. The van der Waals surface area contributed by atoms with Gasteiger partial charge < -0.3 is 0 Å². The molecule has 4 nitrogen and oxygen atoms in total. The van der Waals surface area contributed by atoms with Gasteiger partial charge in [0.2, 0.25) is 0 Å². The van der Waals surface area contributed by atoms with Crippen molar-refractivity contribution in [2.75, 3.05) is 0 Å². The average molecular weight is 407 g/mol. The molecule has 0 aromatic rings. The molecule has 0 aromatic carbocycles. The van der Waals surface area contributed by atoms with Gasteiger partial charge in [-0.2, -0.15) is 0 Å². The van der Waals surface area contributed by atoms with E-state index >= 15 is 0 Å². The van der Waals surface area contributed by atoms with E-state index in [0.29, 0.717) is 0 Å². The molecular formula is C25H42O4. The zero-order valence-electron chi connectivity index (χ0n) is 20.6. The van der Waals surface area contributed by atoms with Crippen LogP contribution in [0.4, 0.5) is 0 Å². The fraction of sp³-hybridized carbons (Fsp3) is 0.840. The Morgan fingerprint density at radius 3 is 0.828 bits per heavy atom. The quantitative estimate of drug-likeness (QED) is 0.634. The predicted octanol–water partition coefficient (Wildman–Crippen LogP) is 5.32. The largest absolute Gasteiger partial charge is 0.299 e. The Labute approximate surface area is 177 Å². The number of rotatable bonds is 4. The van der Waals surface area contributed by atoms with Crippen LogP contribution in [0.3, 0.4) is 0 Å². The van der Waals surface area contributed by atoms with Gasteiger partial charge in [0.25, 0.3) is 0 Å². The Kier molecular flexibility index (Phi) is 6.86. The van der Waals surface area contributed by atoms with Gasteiger partial charge in [0, 0.05) is 45.3 Å². The highest BCUT2D eigenvalue weighted by molar-refractivity contribution is 6.03. The summed E-state index contributed by atoms with van der Waals surface area (Å²) in [5.74, 6) is -2.94. The summed E-state index contributed by atoms with van der Waals surface area (Å²) in [6.45, 7) is 22.0. The second-order valence-electron chi connectivity index (χ2n) is 13.0. The molecule has 1 rings (SSSR count). The first-order valence-corrected chi connectivity index (χ1v) is 10.8. The van der Waals surface area contributed by atoms with Gasteiger partial charge in [0.05, 0.1) is 0 Å². The molecule has 0 amide bonds. The van der Waals surface area contributed by atoms with Crippen molar-refractivity contribution in [2.24, 2.45) is 45.3 Å². The van der Waals surface area contributed by atoms with Crippen molar-refractivity contribution in [1.82, 2.24) is 0 Å². The summed E-state index contributed by atoms with van der Waals surface area (Å²) in [6.07, 6.45) is 0.283. The molecule has 4 atom stereocenters. The van der Waals surface area contributed by atoms with Crippen molar-refractivity contribution in [1.29, 1.82) is 0 Å². The third-order valence-corrected chi connectivity index (χ3v) is 6.00. The lowest BCUT2D eigenvalue weighted by Gasteiger charge is -2.35. The lowest BCUT2D eigenvalue weighted by Crippen LogP contribution is -2.45. The van der Waals surface area contributed by atoms with Gasteiger partial charge in [0.15, 0.2) is 0 Å². The second kappa shape index (κ2) is 7.74. The molecule has 0 N–H and O–H groups in total. The van der Waals surface area contributed by atoms with Crippen molar-refractivity contribution >= 4 is 23.1 Å². The first-order valence-electron chi connectivity index (χ1n) is 10.8. The maximum absolute atomic E-state index is 13.6. The van der Waals surface area contributed by atoms with Crippen molar-refractivity contribution in [3.8, 4) is 0 Å². The molecule has 1 aliphatic rings. The van der Waals surface area contributed by atoms with E-state index in [4.69, 9.17) is 0 Å². The van der Waals surface area contributed by atoms with Crippen molar-refractivity contribution < 1.29 is 19.2 Å². The number of Topliss-reactive ketones (excluding diaryl/α,β-unsaturated/α-hetero) is 4. The third kappa shape index (κ3) is 5.44. The number of carbonyl (C=O) groups excluding carboxylic acids is 4. The number of hydrogen-bond donors (Lipinski definition) is 0. The molecular weight excluding hydrogens is 364 g/mol. The van der Waals surface area contributed by atoms with Crippen LogP contribution >= 0.6 is 0 Å². The fourth-order valence-electron chi connectivity index (χ4n) is 4.41. The zero-order valence-corrected chi connectivity index (χ0v) is 20.6. The molecule has 4 heteroatoms. The molecule has 29 heavy (non-hydrogen) atoms. The van der Waals surface area contributed by atoms with Crippen LogP contribution in [0.25, 0.3) is 0 Å². The van der Waals surface area contributed by atoms with Gasteiger partial charge in [-0.15, -0.1) is 0 Å². The van der Waals surface area contributed by atoms with Gasteiger partial charge in [-0.1, -0.05) is 83.1 Å². The van der Waals surface area contributed by atoms with E-state index in [1.165, 1.54) is 0 Å². The van der Waals surface area contributed by atoms with E-state index in [2.05, 4.69) is 0 Å². The predicted molar refractivity (Wildman–Crippen MR) is 116 cm³/mol.